The van der Waals surface area contributed by atoms with Gasteiger partial charge in [0.25, 0.3) is 0 Å². The van der Waals surface area contributed by atoms with Crippen molar-refractivity contribution in [3.8, 4) is 0 Å². The van der Waals surface area contributed by atoms with Gasteiger partial charge in [-0.25, -0.2) is 8.78 Å². The van der Waals surface area contributed by atoms with E-state index < -0.39 is 40.5 Å². The Hall–Kier alpha value is -1.98. The summed E-state index contributed by atoms with van der Waals surface area (Å²) in [5.41, 5.74) is -1.40. The van der Waals surface area contributed by atoms with Gasteiger partial charge in [-0.1, -0.05) is 33.8 Å². The minimum Gasteiger partial charge on any atom is -0.481 e. The van der Waals surface area contributed by atoms with Crippen molar-refractivity contribution in [3.05, 3.63) is 29.8 Å². The summed E-state index contributed by atoms with van der Waals surface area (Å²) < 4.78 is 27.8. The molecule has 1 N–H and O–H groups in total. The minimum absolute atomic E-state index is 0.302. The maximum absolute atomic E-state index is 13.9. The Kier molecular flexibility index (Phi) is 5.04. The first-order valence-electron chi connectivity index (χ1n) is 6.54. The lowest BCUT2D eigenvalue weighted by Gasteiger charge is -2.31. The van der Waals surface area contributed by atoms with Crippen molar-refractivity contribution >= 4 is 17.6 Å². The molecule has 1 aromatic carbocycles. The molecule has 1 aromatic rings. The summed E-state index contributed by atoms with van der Waals surface area (Å²) in [5, 5.41) is 8.98. The summed E-state index contributed by atoms with van der Waals surface area (Å²) >= 11 is 0. The molecule has 0 fully saturated rings. The van der Waals surface area contributed by atoms with E-state index in [-0.39, 0.29) is 6.54 Å². The van der Waals surface area contributed by atoms with Gasteiger partial charge in [-0.05, 0) is 12.1 Å². The van der Waals surface area contributed by atoms with Crippen LogP contribution in [0.1, 0.15) is 27.7 Å². The Balaban J connectivity index is 3.32. The highest BCUT2D eigenvalue weighted by Crippen LogP contribution is 2.29. The van der Waals surface area contributed by atoms with Crippen LogP contribution in [0.5, 0.6) is 0 Å². The van der Waals surface area contributed by atoms with Gasteiger partial charge in [0.05, 0.1) is 5.92 Å². The number of halogens is 2. The van der Waals surface area contributed by atoms with Crippen LogP contribution in [0, 0.1) is 23.0 Å². The molecule has 0 radical (unpaired) electrons. The predicted molar refractivity (Wildman–Crippen MR) is 75.0 cm³/mol. The Morgan fingerprint density at radius 2 is 1.71 bits per heavy atom. The first-order valence-corrected chi connectivity index (χ1v) is 6.54. The molecule has 0 spiro atoms. The third kappa shape index (κ3) is 4.00. The highest BCUT2D eigenvalue weighted by Gasteiger charge is 2.33. The van der Waals surface area contributed by atoms with E-state index in [0.29, 0.717) is 0 Å². The first kappa shape index (κ1) is 17.1. The molecule has 0 saturated carbocycles. The lowest BCUT2D eigenvalue weighted by atomic mass is 9.93. The van der Waals surface area contributed by atoms with Crippen LogP contribution >= 0.6 is 0 Å². The highest BCUT2D eigenvalue weighted by molar-refractivity contribution is 5.97. The molecule has 0 saturated heterocycles. The van der Waals surface area contributed by atoms with Gasteiger partial charge in [-0.15, -0.1) is 0 Å². The Labute approximate surface area is 122 Å². The SMILES string of the molecule is CC(CN(C(=O)C(C)(C)C)c1c(F)cccc1F)C(=O)O. The fraction of sp³-hybridized carbons (Fsp3) is 0.467. The third-order valence-corrected chi connectivity index (χ3v) is 2.97. The second kappa shape index (κ2) is 6.20. The van der Waals surface area contributed by atoms with Gasteiger partial charge in [0, 0.05) is 12.0 Å². The predicted octanol–water partition coefficient (Wildman–Crippen LogP) is 3.06. The Bertz CT molecular complexity index is 532. The summed E-state index contributed by atoms with van der Waals surface area (Å²) in [7, 11) is 0. The van der Waals surface area contributed by atoms with Gasteiger partial charge in [-0.3, -0.25) is 9.59 Å². The number of rotatable bonds is 4. The molecule has 0 aliphatic heterocycles. The molecule has 0 aliphatic carbocycles. The minimum atomic E-state index is -1.14. The number of carboxylic acid groups (broad SMARTS) is 1. The average molecular weight is 299 g/mol. The number of benzene rings is 1. The first-order chi connectivity index (χ1) is 9.55. The smallest absolute Gasteiger partial charge is 0.308 e. The van der Waals surface area contributed by atoms with Crippen molar-refractivity contribution in [2.75, 3.05) is 11.4 Å². The number of aliphatic carboxylic acids is 1. The van der Waals surface area contributed by atoms with Gasteiger partial charge in [0.1, 0.15) is 17.3 Å². The number of carbonyl (C=O) groups is 2. The molecule has 1 rings (SSSR count). The van der Waals surface area contributed by atoms with Crippen LogP contribution in [0.25, 0.3) is 0 Å². The largest absolute Gasteiger partial charge is 0.481 e. The van der Waals surface area contributed by atoms with Crippen molar-refractivity contribution in [1.82, 2.24) is 0 Å². The van der Waals surface area contributed by atoms with Gasteiger partial charge in [0.15, 0.2) is 0 Å². The summed E-state index contributed by atoms with van der Waals surface area (Å²) in [6, 6.07) is 3.26. The van der Waals surface area contributed by atoms with Gasteiger partial charge in [-0.2, -0.15) is 0 Å². The van der Waals surface area contributed by atoms with Gasteiger partial charge < -0.3 is 10.0 Å². The molecule has 1 amide bonds. The topological polar surface area (TPSA) is 57.6 Å². The number of nitrogens with zero attached hydrogens (tertiary/aromatic N) is 1. The van der Waals surface area contributed by atoms with Crippen molar-refractivity contribution in [1.29, 1.82) is 0 Å². The number of hydrogen-bond donors (Lipinski definition) is 1. The van der Waals surface area contributed by atoms with E-state index >= 15 is 0 Å². The van der Waals surface area contributed by atoms with Crippen LogP contribution in [0.2, 0.25) is 0 Å². The van der Waals surface area contributed by atoms with Gasteiger partial charge in [0.2, 0.25) is 5.91 Å². The second-order valence-electron chi connectivity index (χ2n) is 5.98. The zero-order valence-electron chi connectivity index (χ0n) is 12.5. The lowest BCUT2D eigenvalue weighted by molar-refractivity contribution is -0.140. The average Bonchev–Trinajstić information content (AvgIpc) is 2.34. The molecule has 21 heavy (non-hydrogen) atoms. The number of amides is 1. The molecule has 6 heteroatoms. The van der Waals surface area contributed by atoms with Crippen molar-refractivity contribution in [2.24, 2.45) is 11.3 Å². The summed E-state index contributed by atoms with van der Waals surface area (Å²) in [5.74, 6) is -4.43. The molecular weight excluding hydrogens is 280 g/mol. The normalized spacial score (nSPS) is 12.9. The number of hydrogen-bond acceptors (Lipinski definition) is 2. The fourth-order valence-electron chi connectivity index (χ4n) is 1.78. The van der Waals surface area contributed by atoms with E-state index in [1.807, 2.05) is 0 Å². The lowest BCUT2D eigenvalue weighted by Crippen LogP contribution is -2.44. The Morgan fingerprint density at radius 1 is 1.24 bits per heavy atom. The molecular formula is C15H19F2NO3. The molecule has 0 aromatic heterocycles. The summed E-state index contributed by atoms with van der Waals surface area (Å²) in [6.45, 7) is 5.89. The van der Waals surface area contributed by atoms with Crippen LogP contribution in [-0.2, 0) is 9.59 Å². The zero-order valence-corrected chi connectivity index (χ0v) is 12.5. The maximum atomic E-state index is 13.9. The monoisotopic (exact) mass is 299 g/mol. The third-order valence-electron chi connectivity index (χ3n) is 2.97. The molecule has 0 heterocycles. The molecule has 4 nitrogen and oxygen atoms in total. The molecule has 0 aliphatic rings. The summed E-state index contributed by atoms with van der Waals surface area (Å²) in [6.07, 6.45) is 0. The zero-order chi connectivity index (χ0) is 16.4. The number of carbonyl (C=O) groups excluding carboxylic acids is 1. The number of anilines is 1. The molecule has 116 valence electrons. The van der Waals surface area contributed by atoms with Crippen LogP contribution < -0.4 is 4.90 Å². The van der Waals surface area contributed by atoms with Crippen LogP contribution in [0.15, 0.2) is 18.2 Å². The van der Waals surface area contributed by atoms with E-state index in [1.54, 1.807) is 20.8 Å². The number of para-hydroxylation sites is 1. The standard InChI is InChI=1S/C15H19F2NO3/c1-9(13(19)20)8-18(14(21)15(2,3)4)12-10(16)6-5-7-11(12)17/h5-7,9H,8H2,1-4H3,(H,19,20). The van der Waals surface area contributed by atoms with Crippen LogP contribution in [0.4, 0.5) is 14.5 Å². The van der Waals surface area contributed by atoms with Crippen LogP contribution in [0.3, 0.4) is 0 Å². The summed E-state index contributed by atoms with van der Waals surface area (Å²) in [4.78, 5) is 24.3. The number of carboxylic acids is 1. The molecule has 0 bridgehead atoms. The maximum Gasteiger partial charge on any atom is 0.308 e. The fourth-order valence-corrected chi connectivity index (χ4v) is 1.78. The quantitative estimate of drug-likeness (QED) is 0.929. The van der Waals surface area contributed by atoms with Gasteiger partial charge >= 0.3 is 5.97 Å². The molecule has 1 unspecified atom stereocenters. The van der Waals surface area contributed by atoms with Crippen molar-refractivity contribution in [2.45, 2.75) is 27.7 Å². The van der Waals surface area contributed by atoms with Crippen molar-refractivity contribution < 1.29 is 23.5 Å². The Morgan fingerprint density at radius 3 is 2.10 bits per heavy atom. The van der Waals surface area contributed by atoms with E-state index in [4.69, 9.17) is 5.11 Å². The highest BCUT2D eigenvalue weighted by atomic mass is 19.1. The van der Waals surface area contributed by atoms with E-state index in [9.17, 15) is 18.4 Å². The van der Waals surface area contributed by atoms with Crippen molar-refractivity contribution in [3.63, 3.8) is 0 Å². The van der Waals surface area contributed by atoms with E-state index in [2.05, 4.69) is 0 Å². The van der Waals surface area contributed by atoms with Crippen LogP contribution in [-0.4, -0.2) is 23.5 Å². The van der Waals surface area contributed by atoms with E-state index in [1.165, 1.54) is 13.0 Å². The second-order valence-corrected chi connectivity index (χ2v) is 5.98. The van der Waals surface area contributed by atoms with E-state index in [0.717, 1.165) is 17.0 Å². The molecule has 1 atom stereocenters.